The number of aliphatic hydroxyl groups is 1. The minimum absolute atomic E-state index is 0.0122. The van der Waals surface area contributed by atoms with Gasteiger partial charge >= 0.3 is 0 Å². The third-order valence-electron chi connectivity index (χ3n) is 5.97. The first kappa shape index (κ1) is 22.2. The molecule has 32 heavy (non-hydrogen) atoms. The molecule has 1 atom stereocenters. The Labute approximate surface area is 189 Å². The molecular weight excluding hydrogens is 402 g/mol. The Kier molecular flexibility index (Phi) is 6.99. The second-order valence-corrected chi connectivity index (χ2v) is 8.30. The predicted octanol–water partition coefficient (Wildman–Crippen LogP) is 2.81. The van der Waals surface area contributed by atoms with Gasteiger partial charge in [0.1, 0.15) is 12.4 Å². The molecule has 2 aliphatic rings. The summed E-state index contributed by atoms with van der Waals surface area (Å²) in [5.74, 6) is 7.14. The van der Waals surface area contributed by atoms with Gasteiger partial charge in [0.05, 0.1) is 18.3 Å². The van der Waals surface area contributed by atoms with Crippen molar-refractivity contribution in [2.45, 2.75) is 25.8 Å². The third kappa shape index (κ3) is 4.91. The Morgan fingerprint density at radius 2 is 2.16 bits per heavy atom. The van der Waals surface area contributed by atoms with E-state index in [-0.39, 0.29) is 19.3 Å². The third-order valence-corrected chi connectivity index (χ3v) is 5.97. The molecule has 0 radical (unpaired) electrons. The fourth-order valence-electron chi connectivity index (χ4n) is 4.47. The van der Waals surface area contributed by atoms with Crippen molar-refractivity contribution in [3.05, 3.63) is 70.9 Å². The van der Waals surface area contributed by atoms with Crippen LogP contribution in [0.4, 0.5) is 5.69 Å². The molecule has 0 saturated heterocycles. The highest BCUT2D eigenvalue weighted by atomic mass is 16.5. The van der Waals surface area contributed by atoms with Gasteiger partial charge in [0, 0.05) is 36.1 Å². The number of nitrogens with one attached hydrogen (secondary N) is 2. The number of aliphatic hydroxyl groups excluding tert-OH is 1. The zero-order valence-electron chi connectivity index (χ0n) is 18.6. The molecule has 0 bridgehead atoms. The summed E-state index contributed by atoms with van der Waals surface area (Å²) in [6, 6.07) is 14.5. The number of hydrogen-bond acceptors (Lipinski definition) is 7. The van der Waals surface area contributed by atoms with Gasteiger partial charge in [-0.15, -0.1) is 0 Å². The van der Waals surface area contributed by atoms with Crippen molar-refractivity contribution < 1.29 is 9.84 Å². The highest BCUT2D eigenvalue weighted by Crippen LogP contribution is 2.37. The lowest BCUT2D eigenvalue weighted by molar-refractivity contribution is 0.201. The standard InChI is InChI=1S/C25H33N5O2/c1-17(26)25-22-6-5-19(18-7-10-28-11-8-18)15-23(22)24(9-12-30(25)27)29-20-3-2-4-21(16-20)32-14-13-31/h2-7,15-16,24,28-29,31H,8-14,26-27H2,1H3/b25-17-. The molecule has 7 N–H and O–H groups in total. The maximum atomic E-state index is 9.05. The Morgan fingerprint density at radius 3 is 2.91 bits per heavy atom. The molecule has 170 valence electrons. The largest absolute Gasteiger partial charge is 0.491 e. The summed E-state index contributed by atoms with van der Waals surface area (Å²) in [6.07, 6.45) is 4.11. The number of hydrogen-bond donors (Lipinski definition) is 5. The van der Waals surface area contributed by atoms with Crippen molar-refractivity contribution >= 4 is 17.0 Å². The molecule has 2 aromatic rings. The average molecular weight is 436 g/mol. The molecule has 2 heterocycles. The quantitative estimate of drug-likeness (QED) is 0.444. The molecule has 1 unspecified atom stereocenters. The van der Waals surface area contributed by atoms with E-state index >= 15 is 0 Å². The van der Waals surface area contributed by atoms with Crippen LogP contribution in [0.15, 0.2) is 54.2 Å². The number of benzene rings is 2. The first-order valence-corrected chi connectivity index (χ1v) is 11.2. The zero-order valence-corrected chi connectivity index (χ0v) is 18.6. The molecule has 0 fully saturated rings. The van der Waals surface area contributed by atoms with Crippen molar-refractivity contribution in [1.29, 1.82) is 0 Å². The van der Waals surface area contributed by atoms with E-state index in [9.17, 15) is 0 Å². The highest BCUT2D eigenvalue weighted by molar-refractivity contribution is 5.75. The molecule has 2 aliphatic heterocycles. The maximum absolute atomic E-state index is 9.05. The molecule has 7 nitrogen and oxygen atoms in total. The van der Waals surface area contributed by atoms with Crippen molar-refractivity contribution in [3.63, 3.8) is 0 Å². The van der Waals surface area contributed by atoms with Gasteiger partial charge in [-0.1, -0.05) is 24.3 Å². The number of rotatable bonds is 6. The Bertz CT molecular complexity index is 1010. The minimum atomic E-state index is -0.0122. The van der Waals surface area contributed by atoms with Crippen molar-refractivity contribution in [2.75, 3.05) is 38.2 Å². The van der Waals surface area contributed by atoms with E-state index in [1.54, 1.807) is 5.01 Å². The van der Waals surface area contributed by atoms with Crippen molar-refractivity contribution in [2.24, 2.45) is 11.6 Å². The molecule has 0 amide bonds. The highest BCUT2D eigenvalue weighted by Gasteiger charge is 2.26. The van der Waals surface area contributed by atoms with Gasteiger partial charge in [-0.25, -0.2) is 5.84 Å². The fourth-order valence-corrected chi connectivity index (χ4v) is 4.47. The average Bonchev–Trinajstić information content (AvgIpc) is 2.94. The summed E-state index contributed by atoms with van der Waals surface area (Å²) in [4.78, 5) is 0. The lowest BCUT2D eigenvalue weighted by atomic mass is 9.91. The summed E-state index contributed by atoms with van der Waals surface area (Å²) in [5, 5.41) is 17.9. The number of hydrazine groups is 1. The van der Waals surface area contributed by atoms with Crippen LogP contribution in [0, 0.1) is 0 Å². The second-order valence-electron chi connectivity index (χ2n) is 8.30. The van der Waals surface area contributed by atoms with E-state index in [0.29, 0.717) is 12.2 Å². The molecule has 0 aromatic heterocycles. The molecule has 0 saturated carbocycles. The van der Waals surface area contributed by atoms with E-state index < -0.39 is 0 Å². The lowest BCUT2D eigenvalue weighted by Gasteiger charge is -2.23. The summed E-state index contributed by atoms with van der Waals surface area (Å²) < 4.78 is 5.59. The second kappa shape index (κ2) is 10.1. The van der Waals surface area contributed by atoms with Crippen LogP contribution in [0.1, 0.15) is 42.5 Å². The van der Waals surface area contributed by atoms with Crippen LogP contribution < -0.4 is 26.9 Å². The first-order chi connectivity index (χ1) is 15.6. The molecular formula is C25H33N5O2. The van der Waals surface area contributed by atoms with Crippen molar-refractivity contribution in [1.82, 2.24) is 10.3 Å². The van der Waals surface area contributed by atoms with Gasteiger partial charge in [0.25, 0.3) is 0 Å². The fraction of sp³-hybridized carbons (Fsp3) is 0.360. The van der Waals surface area contributed by atoms with Crippen molar-refractivity contribution in [3.8, 4) is 5.75 Å². The monoisotopic (exact) mass is 435 g/mol. The first-order valence-electron chi connectivity index (χ1n) is 11.2. The lowest BCUT2D eigenvalue weighted by Crippen LogP contribution is -2.31. The molecule has 2 aromatic carbocycles. The Morgan fingerprint density at radius 1 is 1.28 bits per heavy atom. The van der Waals surface area contributed by atoms with E-state index in [0.717, 1.165) is 48.6 Å². The number of anilines is 1. The minimum Gasteiger partial charge on any atom is -0.491 e. The van der Waals surface area contributed by atoms with Gasteiger partial charge in [-0.3, -0.25) is 0 Å². The topological polar surface area (TPSA) is 109 Å². The van der Waals surface area contributed by atoms with Gasteiger partial charge in [0.15, 0.2) is 0 Å². The number of nitrogens with two attached hydrogens (primary N) is 2. The summed E-state index contributed by atoms with van der Waals surface area (Å²) in [7, 11) is 0. The SMILES string of the molecule is C/C(N)=C1\c2ccc(C3=CCNCC3)cc2C(Nc2cccc(OCCO)c2)CCN1N. The zero-order chi connectivity index (χ0) is 22.5. The van der Waals surface area contributed by atoms with Crippen LogP contribution in [-0.4, -0.2) is 43.0 Å². The number of ether oxygens (including phenoxy) is 1. The van der Waals surface area contributed by atoms with Gasteiger partial charge < -0.3 is 31.2 Å². The normalized spacial score (nSPS) is 20.2. The van der Waals surface area contributed by atoms with E-state index in [4.69, 9.17) is 21.4 Å². The molecule has 4 rings (SSSR count). The molecule has 7 heteroatoms. The number of fused-ring (bicyclic) bond motifs is 1. The van der Waals surface area contributed by atoms with E-state index in [1.807, 2.05) is 31.2 Å². The number of allylic oxidation sites excluding steroid dienone is 1. The molecule has 0 spiro atoms. The van der Waals surface area contributed by atoms with E-state index in [1.165, 1.54) is 16.7 Å². The summed E-state index contributed by atoms with van der Waals surface area (Å²) in [6.45, 7) is 4.74. The van der Waals surface area contributed by atoms with Crippen LogP contribution in [0.2, 0.25) is 0 Å². The van der Waals surface area contributed by atoms with Gasteiger partial charge in [-0.2, -0.15) is 0 Å². The number of nitrogens with zero attached hydrogens (tertiary/aromatic N) is 1. The Balaban J connectivity index is 1.73. The maximum Gasteiger partial charge on any atom is 0.121 e. The van der Waals surface area contributed by atoms with Crippen LogP contribution >= 0.6 is 0 Å². The summed E-state index contributed by atoms with van der Waals surface area (Å²) >= 11 is 0. The predicted molar refractivity (Wildman–Crippen MR) is 130 cm³/mol. The Hall–Kier alpha value is -3.00. The van der Waals surface area contributed by atoms with Crippen LogP contribution in [0.5, 0.6) is 5.75 Å². The van der Waals surface area contributed by atoms with Gasteiger partial charge in [-0.05, 0) is 61.2 Å². The van der Waals surface area contributed by atoms with Gasteiger partial charge in [0.2, 0.25) is 0 Å². The molecule has 0 aliphatic carbocycles. The smallest absolute Gasteiger partial charge is 0.121 e. The van der Waals surface area contributed by atoms with E-state index in [2.05, 4.69) is 34.9 Å². The van der Waals surface area contributed by atoms with Crippen LogP contribution in [0.25, 0.3) is 11.3 Å². The van der Waals surface area contributed by atoms with Crippen LogP contribution in [0.3, 0.4) is 0 Å². The summed E-state index contributed by atoms with van der Waals surface area (Å²) in [5.41, 5.74) is 13.7. The van der Waals surface area contributed by atoms with Crippen LogP contribution in [-0.2, 0) is 0 Å².